The van der Waals surface area contributed by atoms with Crippen molar-refractivity contribution in [1.82, 2.24) is 15.0 Å². The third-order valence-corrected chi connectivity index (χ3v) is 4.95. The number of amides is 1. The van der Waals surface area contributed by atoms with Crippen LogP contribution in [-0.4, -0.2) is 26.6 Å². The molecule has 0 fully saturated rings. The van der Waals surface area contributed by atoms with Gasteiger partial charge in [-0.25, -0.2) is 15.0 Å². The highest BCUT2D eigenvalue weighted by molar-refractivity contribution is 7.99. The quantitative estimate of drug-likeness (QED) is 0.490. The number of nitrogens with zero attached hydrogens (tertiary/aromatic N) is 3. The van der Waals surface area contributed by atoms with Crippen molar-refractivity contribution in [2.75, 3.05) is 11.1 Å². The third kappa shape index (κ3) is 5.27. The van der Waals surface area contributed by atoms with Crippen molar-refractivity contribution in [2.45, 2.75) is 18.3 Å². The van der Waals surface area contributed by atoms with Gasteiger partial charge in [-0.2, -0.15) is 13.2 Å². The number of nitrogens with one attached hydrogen (secondary N) is 1. The highest BCUT2D eigenvalue weighted by Gasteiger charge is 2.32. The lowest BCUT2D eigenvalue weighted by molar-refractivity contribution is -0.141. The Bertz CT molecular complexity index is 959. The van der Waals surface area contributed by atoms with E-state index in [-0.39, 0.29) is 16.8 Å². The maximum atomic E-state index is 12.7. The van der Waals surface area contributed by atoms with Crippen LogP contribution in [0.3, 0.4) is 0 Å². The Hall–Kier alpha value is -2.46. The molecule has 0 aliphatic heterocycles. The van der Waals surface area contributed by atoms with Gasteiger partial charge < -0.3 is 5.32 Å². The first-order valence-corrected chi connectivity index (χ1v) is 9.53. The van der Waals surface area contributed by atoms with Crippen molar-refractivity contribution < 1.29 is 18.0 Å². The van der Waals surface area contributed by atoms with Crippen molar-refractivity contribution in [3.05, 3.63) is 52.6 Å². The Labute approximate surface area is 161 Å². The summed E-state index contributed by atoms with van der Waals surface area (Å²) in [6, 6.07) is 7.98. The lowest BCUT2D eigenvalue weighted by Gasteiger charge is -2.08. The van der Waals surface area contributed by atoms with E-state index in [2.05, 4.69) is 20.3 Å². The Morgan fingerprint density at radius 2 is 2.07 bits per heavy atom. The van der Waals surface area contributed by atoms with Crippen LogP contribution in [0, 0.1) is 6.92 Å². The largest absolute Gasteiger partial charge is 0.433 e. The van der Waals surface area contributed by atoms with Crippen molar-refractivity contribution in [3.63, 3.8) is 0 Å². The predicted molar refractivity (Wildman–Crippen MR) is 98.7 cm³/mol. The van der Waals surface area contributed by atoms with Crippen molar-refractivity contribution in [1.29, 1.82) is 0 Å². The molecule has 2 heterocycles. The molecule has 1 N–H and O–H groups in total. The van der Waals surface area contributed by atoms with E-state index in [1.165, 1.54) is 11.3 Å². The minimum atomic E-state index is -4.55. The number of hydrogen-bond donors (Lipinski definition) is 1. The van der Waals surface area contributed by atoms with Gasteiger partial charge >= 0.3 is 6.18 Å². The average Bonchev–Trinajstić information content (AvgIpc) is 3.06. The van der Waals surface area contributed by atoms with Gasteiger partial charge in [0, 0.05) is 22.8 Å². The van der Waals surface area contributed by atoms with E-state index in [0.29, 0.717) is 5.69 Å². The average molecular weight is 410 g/mol. The fourth-order valence-corrected chi connectivity index (χ4v) is 3.40. The monoisotopic (exact) mass is 410 g/mol. The van der Waals surface area contributed by atoms with E-state index in [4.69, 9.17) is 0 Å². The van der Waals surface area contributed by atoms with Gasteiger partial charge in [0.15, 0.2) is 5.16 Å². The first kappa shape index (κ1) is 19.3. The number of carbonyl (C=O) groups excluding carboxylic acids is 1. The lowest BCUT2D eigenvalue weighted by Crippen LogP contribution is -2.15. The Morgan fingerprint density at radius 1 is 1.26 bits per heavy atom. The van der Waals surface area contributed by atoms with Gasteiger partial charge in [-0.15, -0.1) is 11.3 Å². The maximum absolute atomic E-state index is 12.7. The number of thioether (sulfide) groups is 1. The van der Waals surface area contributed by atoms with E-state index in [1.54, 1.807) is 18.2 Å². The molecule has 140 valence electrons. The van der Waals surface area contributed by atoms with Crippen LogP contribution in [0.15, 0.2) is 47.1 Å². The normalized spacial score (nSPS) is 11.4. The smallest absolute Gasteiger partial charge is 0.325 e. The van der Waals surface area contributed by atoms with E-state index < -0.39 is 11.9 Å². The molecule has 3 aromatic rings. The summed E-state index contributed by atoms with van der Waals surface area (Å²) < 4.78 is 38.0. The summed E-state index contributed by atoms with van der Waals surface area (Å²) in [6.07, 6.45) is -3.52. The van der Waals surface area contributed by atoms with Crippen LogP contribution in [0.1, 0.15) is 10.7 Å². The number of anilines is 1. The molecule has 2 aromatic heterocycles. The highest BCUT2D eigenvalue weighted by Crippen LogP contribution is 2.28. The summed E-state index contributed by atoms with van der Waals surface area (Å²) in [4.78, 5) is 23.7. The zero-order chi connectivity index (χ0) is 19.4. The summed E-state index contributed by atoms with van der Waals surface area (Å²) >= 11 is 2.37. The number of aromatic nitrogens is 3. The molecule has 0 spiro atoms. The maximum Gasteiger partial charge on any atom is 0.433 e. The standard InChI is InChI=1S/C17H13F3N4OS2/c1-10-22-13(8-26-10)11-3-2-4-12(7-11)23-15(25)9-27-16-21-6-5-14(24-16)17(18,19)20/h2-8H,9H2,1H3,(H,23,25). The zero-order valence-electron chi connectivity index (χ0n) is 13.9. The van der Waals surface area contributed by atoms with Crippen LogP contribution in [0.5, 0.6) is 0 Å². The number of alkyl halides is 3. The first-order valence-electron chi connectivity index (χ1n) is 7.67. The van der Waals surface area contributed by atoms with E-state index in [0.717, 1.165) is 40.3 Å². The van der Waals surface area contributed by atoms with Crippen molar-refractivity contribution in [2.24, 2.45) is 0 Å². The van der Waals surface area contributed by atoms with Gasteiger partial charge in [0.2, 0.25) is 5.91 Å². The second kappa shape index (κ2) is 8.05. The number of hydrogen-bond acceptors (Lipinski definition) is 6. The number of carbonyl (C=O) groups is 1. The molecule has 27 heavy (non-hydrogen) atoms. The molecule has 5 nitrogen and oxygen atoms in total. The minimum Gasteiger partial charge on any atom is -0.325 e. The van der Waals surface area contributed by atoms with Crippen LogP contribution in [0.2, 0.25) is 0 Å². The van der Waals surface area contributed by atoms with Crippen molar-refractivity contribution >= 4 is 34.7 Å². The number of rotatable bonds is 5. The predicted octanol–water partition coefficient (Wildman–Crippen LogP) is 4.66. The van der Waals surface area contributed by atoms with E-state index in [9.17, 15) is 18.0 Å². The molecule has 0 radical (unpaired) electrons. The second-order valence-corrected chi connectivity index (χ2v) is 7.40. The summed E-state index contributed by atoms with van der Waals surface area (Å²) in [5.74, 6) is -0.478. The second-order valence-electron chi connectivity index (χ2n) is 5.39. The molecule has 0 aliphatic carbocycles. The van der Waals surface area contributed by atoms with Crippen LogP contribution in [0.4, 0.5) is 18.9 Å². The summed E-state index contributed by atoms with van der Waals surface area (Å²) in [7, 11) is 0. The van der Waals surface area contributed by atoms with Gasteiger partial charge in [0.1, 0.15) is 5.69 Å². The fourth-order valence-electron chi connectivity index (χ4n) is 2.15. The molecule has 1 amide bonds. The molecule has 0 aliphatic rings. The number of halogens is 3. The van der Waals surface area contributed by atoms with Crippen LogP contribution in [0.25, 0.3) is 11.3 Å². The lowest BCUT2D eigenvalue weighted by atomic mass is 10.1. The van der Waals surface area contributed by atoms with Crippen LogP contribution < -0.4 is 5.32 Å². The van der Waals surface area contributed by atoms with E-state index in [1.807, 2.05) is 18.4 Å². The summed E-state index contributed by atoms with van der Waals surface area (Å²) in [5, 5.41) is 5.48. The molecule has 0 bridgehead atoms. The number of benzene rings is 1. The topological polar surface area (TPSA) is 67.8 Å². The molecule has 0 unspecified atom stereocenters. The number of thiazole rings is 1. The minimum absolute atomic E-state index is 0.105. The Balaban J connectivity index is 1.62. The summed E-state index contributed by atoms with van der Waals surface area (Å²) in [5.41, 5.74) is 1.23. The molecular weight excluding hydrogens is 397 g/mol. The van der Waals surface area contributed by atoms with Crippen LogP contribution in [-0.2, 0) is 11.0 Å². The third-order valence-electron chi connectivity index (χ3n) is 3.32. The van der Waals surface area contributed by atoms with Crippen molar-refractivity contribution in [3.8, 4) is 11.3 Å². The Kier molecular flexibility index (Phi) is 5.76. The van der Waals surface area contributed by atoms with Gasteiger partial charge in [0.25, 0.3) is 0 Å². The fraction of sp³-hybridized carbons (Fsp3) is 0.176. The molecule has 0 atom stereocenters. The highest BCUT2D eigenvalue weighted by atomic mass is 32.2. The van der Waals surface area contributed by atoms with Gasteiger partial charge in [-0.1, -0.05) is 23.9 Å². The Morgan fingerprint density at radius 3 is 2.78 bits per heavy atom. The van der Waals surface area contributed by atoms with Gasteiger partial charge in [0.05, 0.1) is 16.5 Å². The molecule has 10 heteroatoms. The summed E-state index contributed by atoms with van der Waals surface area (Å²) in [6.45, 7) is 1.91. The molecule has 1 aromatic carbocycles. The molecular formula is C17H13F3N4OS2. The molecule has 3 rings (SSSR count). The van der Waals surface area contributed by atoms with E-state index >= 15 is 0 Å². The van der Waals surface area contributed by atoms with Crippen LogP contribution >= 0.6 is 23.1 Å². The molecule has 0 saturated carbocycles. The molecule has 0 saturated heterocycles. The van der Waals surface area contributed by atoms with Gasteiger partial charge in [-0.05, 0) is 25.1 Å². The first-order chi connectivity index (χ1) is 12.8. The zero-order valence-corrected chi connectivity index (χ0v) is 15.6. The number of aryl methyl sites for hydroxylation is 1. The van der Waals surface area contributed by atoms with Gasteiger partial charge in [-0.3, -0.25) is 4.79 Å². The SMILES string of the molecule is Cc1nc(-c2cccc(NC(=O)CSc3nccc(C(F)(F)F)n3)c2)cs1.